The predicted octanol–water partition coefficient (Wildman–Crippen LogP) is 1.36. The molecule has 1 aromatic carbocycles. The first-order valence-electron chi connectivity index (χ1n) is 6.43. The van der Waals surface area contributed by atoms with Crippen molar-refractivity contribution in [2.24, 2.45) is 11.1 Å². The summed E-state index contributed by atoms with van der Waals surface area (Å²) >= 11 is 0. The van der Waals surface area contributed by atoms with E-state index in [9.17, 15) is 12.8 Å². The van der Waals surface area contributed by atoms with Gasteiger partial charge >= 0.3 is 0 Å². The van der Waals surface area contributed by atoms with Gasteiger partial charge in [0.15, 0.2) is 0 Å². The smallest absolute Gasteiger partial charge is 0.238 e. The van der Waals surface area contributed by atoms with Gasteiger partial charge in [0.05, 0.1) is 4.90 Å². The Kier molecular flexibility index (Phi) is 4.23. The van der Waals surface area contributed by atoms with Crippen molar-refractivity contribution in [1.82, 2.24) is 4.90 Å². The van der Waals surface area contributed by atoms with E-state index >= 15 is 0 Å². The second kappa shape index (κ2) is 5.56. The molecule has 1 aliphatic heterocycles. The number of halogens is 1. The van der Waals surface area contributed by atoms with Crippen molar-refractivity contribution in [1.29, 1.82) is 0 Å². The molecule has 0 saturated carbocycles. The van der Waals surface area contributed by atoms with Crippen LogP contribution in [0, 0.1) is 11.7 Å². The zero-order valence-electron chi connectivity index (χ0n) is 11.0. The second-order valence-electron chi connectivity index (χ2n) is 5.05. The molecule has 6 heteroatoms. The third kappa shape index (κ3) is 3.52. The highest BCUT2D eigenvalue weighted by Crippen LogP contribution is 2.24. The summed E-state index contributed by atoms with van der Waals surface area (Å²) in [4.78, 5) is 2.35. The largest absolute Gasteiger partial charge is 0.303 e. The minimum atomic E-state index is -3.79. The van der Waals surface area contributed by atoms with Crippen molar-refractivity contribution in [3.05, 3.63) is 29.6 Å². The van der Waals surface area contributed by atoms with Gasteiger partial charge in [0.1, 0.15) is 5.82 Å². The third-order valence-corrected chi connectivity index (χ3v) is 4.67. The lowest BCUT2D eigenvalue weighted by molar-refractivity contribution is 0.341. The molecule has 2 rings (SSSR count). The van der Waals surface area contributed by atoms with E-state index in [1.165, 1.54) is 12.1 Å². The Labute approximate surface area is 113 Å². The van der Waals surface area contributed by atoms with Gasteiger partial charge in [0.25, 0.3) is 0 Å². The van der Waals surface area contributed by atoms with Crippen LogP contribution in [0.2, 0.25) is 0 Å². The summed E-state index contributed by atoms with van der Waals surface area (Å²) < 4.78 is 36.3. The summed E-state index contributed by atoms with van der Waals surface area (Å²) in [5.74, 6) is -0.0602. The average molecular weight is 286 g/mol. The van der Waals surface area contributed by atoms with Crippen LogP contribution < -0.4 is 5.14 Å². The SMILES string of the molecule is CCN1CC[C@@H](Cc2cc(F)ccc2S(N)(=O)=O)C1. The molecule has 0 spiro atoms. The fourth-order valence-corrected chi connectivity index (χ4v) is 3.43. The van der Waals surface area contributed by atoms with Crippen LogP contribution in [0.25, 0.3) is 0 Å². The molecular formula is C13H19FN2O2S. The maximum Gasteiger partial charge on any atom is 0.238 e. The molecule has 1 fully saturated rings. The highest BCUT2D eigenvalue weighted by molar-refractivity contribution is 7.89. The predicted molar refractivity (Wildman–Crippen MR) is 71.7 cm³/mol. The molecule has 4 nitrogen and oxygen atoms in total. The first kappa shape index (κ1) is 14.4. The van der Waals surface area contributed by atoms with E-state index in [2.05, 4.69) is 11.8 Å². The van der Waals surface area contributed by atoms with Crippen LogP contribution in [-0.2, 0) is 16.4 Å². The van der Waals surface area contributed by atoms with E-state index in [0.29, 0.717) is 17.9 Å². The first-order valence-corrected chi connectivity index (χ1v) is 7.98. The topological polar surface area (TPSA) is 63.4 Å². The summed E-state index contributed by atoms with van der Waals surface area (Å²) in [5, 5.41) is 5.17. The Bertz CT molecular complexity index is 560. The molecular weight excluding hydrogens is 267 g/mol. The number of likely N-dealkylation sites (tertiary alicyclic amines) is 1. The lowest BCUT2D eigenvalue weighted by Crippen LogP contribution is -2.21. The zero-order valence-corrected chi connectivity index (χ0v) is 11.8. The Morgan fingerprint density at radius 2 is 2.21 bits per heavy atom. The van der Waals surface area contributed by atoms with Crippen molar-refractivity contribution < 1.29 is 12.8 Å². The number of sulfonamides is 1. The van der Waals surface area contributed by atoms with Gasteiger partial charge < -0.3 is 4.90 Å². The number of hydrogen-bond donors (Lipinski definition) is 1. The minimum absolute atomic E-state index is 0.0452. The van der Waals surface area contributed by atoms with Gasteiger partial charge in [-0.3, -0.25) is 0 Å². The number of rotatable bonds is 4. The van der Waals surface area contributed by atoms with Gasteiger partial charge in [-0.25, -0.2) is 17.9 Å². The van der Waals surface area contributed by atoms with Crippen LogP contribution in [0.4, 0.5) is 4.39 Å². The lowest BCUT2D eigenvalue weighted by atomic mass is 9.98. The van der Waals surface area contributed by atoms with E-state index in [1.807, 2.05) is 0 Å². The fraction of sp³-hybridized carbons (Fsp3) is 0.538. The van der Waals surface area contributed by atoms with Crippen LogP contribution in [0.5, 0.6) is 0 Å². The molecule has 0 aromatic heterocycles. The number of hydrogen-bond acceptors (Lipinski definition) is 3. The molecule has 0 bridgehead atoms. The van der Waals surface area contributed by atoms with Crippen molar-refractivity contribution in [3.8, 4) is 0 Å². The Balaban J connectivity index is 2.22. The van der Waals surface area contributed by atoms with E-state index in [-0.39, 0.29) is 4.90 Å². The van der Waals surface area contributed by atoms with E-state index in [4.69, 9.17) is 5.14 Å². The second-order valence-corrected chi connectivity index (χ2v) is 6.58. The first-order chi connectivity index (χ1) is 8.90. The molecule has 19 heavy (non-hydrogen) atoms. The maximum atomic E-state index is 13.3. The van der Waals surface area contributed by atoms with Gasteiger partial charge in [-0.1, -0.05) is 6.92 Å². The van der Waals surface area contributed by atoms with Gasteiger partial charge in [-0.05, 0) is 55.6 Å². The number of primary sulfonamides is 1. The van der Waals surface area contributed by atoms with Crippen molar-refractivity contribution in [2.45, 2.75) is 24.7 Å². The summed E-state index contributed by atoms with van der Waals surface area (Å²) in [6.07, 6.45) is 1.56. The quantitative estimate of drug-likeness (QED) is 0.909. The van der Waals surface area contributed by atoms with Crippen LogP contribution in [-0.4, -0.2) is 33.0 Å². The van der Waals surface area contributed by atoms with Crippen LogP contribution >= 0.6 is 0 Å². The monoisotopic (exact) mass is 286 g/mol. The van der Waals surface area contributed by atoms with Crippen molar-refractivity contribution in [2.75, 3.05) is 19.6 Å². The highest BCUT2D eigenvalue weighted by atomic mass is 32.2. The zero-order chi connectivity index (χ0) is 14.0. The molecule has 1 aromatic rings. The number of benzene rings is 1. The summed E-state index contributed by atoms with van der Waals surface area (Å²) in [7, 11) is -3.79. The Hall–Kier alpha value is -0.980. The van der Waals surface area contributed by atoms with E-state index in [1.54, 1.807) is 0 Å². The number of nitrogens with two attached hydrogens (primary N) is 1. The van der Waals surface area contributed by atoms with Crippen molar-refractivity contribution in [3.63, 3.8) is 0 Å². The molecule has 0 radical (unpaired) electrons. The molecule has 1 aliphatic rings. The summed E-state index contributed by atoms with van der Waals surface area (Å²) in [6.45, 7) is 5.03. The highest BCUT2D eigenvalue weighted by Gasteiger charge is 2.24. The summed E-state index contributed by atoms with van der Waals surface area (Å²) in [6, 6.07) is 3.68. The van der Waals surface area contributed by atoms with Gasteiger partial charge in [0.2, 0.25) is 10.0 Å². The van der Waals surface area contributed by atoms with Gasteiger partial charge in [-0.15, -0.1) is 0 Å². The van der Waals surface area contributed by atoms with E-state index in [0.717, 1.165) is 32.1 Å². The molecule has 0 amide bonds. The standard InChI is InChI=1S/C13H19FN2O2S/c1-2-16-6-5-10(9-16)7-11-8-12(14)3-4-13(11)19(15,17)18/h3-4,8,10H,2,5-7,9H2,1H3,(H2,15,17,18)/t10-/m0/s1. The maximum absolute atomic E-state index is 13.3. The Morgan fingerprint density at radius 1 is 1.47 bits per heavy atom. The third-order valence-electron chi connectivity index (χ3n) is 3.65. The van der Waals surface area contributed by atoms with Crippen LogP contribution in [0.1, 0.15) is 18.9 Å². The molecule has 0 aliphatic carbocycles. The molecule has 106 valence electrons. The molecule has 1 heterocycles. The molecule has 1 atom stereocenters. The fourth-order valence-electron chi connectivity index (χ4n) is 2.66. The van der Waals surface area contributed by atoms with Crippen molar-refractivity contribution >= 4 is 10.0 Å². The lowest BCUT2D eigenvalue weighted by Gasteiger charge is -2.14. The normalized spacial score (nSPS) is 20.9. The number of nitrogens with zero attached hydrogens (tertiary/aromatic N) is 1. The van der Waals surface area contributed by atoms with Gasteiger partial charge in [0, 0.05) is 6.54 Å². The molecule has 0 unspecified atom stereocenters. The van der Waals surface area contributed by atoms with E-state index < -0.39 is 15.8 Å². The van der Waals surface area contributed by atoms with Crippen LogP contribution in [0.3, 0.4) is 0 Å². The van der Waals surface area contributed by atoms with Crippen LogP contribution in [0.15, 0.2) is 23.1 Å². The minimum Gasteiger partial charge on any atom is -0.303 e. The van der Waals surface area contributed by atoms with Gasteiger partial charge in [-0.2, -0.15) is 0 Å². The molecule has 2 N–H and O–H groups in total. The average Bonchev–Trinajstić information content (AvgIpc) is 2.75. The Morgan fingerprint density at radius 3 is 2.79 bits per heavy atom. The summed E-state index contributed by atoms with van der Waals surface area (Å²) in [5.41, 5.74) is 0.491. The molecule has 1 saturated heterocycles.